The van der Waals surface area contributed by atoms with Crippen molar-refractivity contribution in [1.82, 2.24) is 9.38 Å². The first-order valence-corrected chi connectivity index (χ1v) is 6.84. The zero-order valence-corrected chi connectivity index (χ0v) is 11.8. The minimum atomic E-state index is -0.974. The van der Waals surface area contributed by atoms with Gasteiger partial charge in [-0.05, 0) is 19.1 Å². The van der Waals surface area contributed by atoms with E-state index in [4.69, 9.17) is 4.74 Å². The number of imidazole rings is 1. The SMILES string of the molecule is COc1cccc(-c2csc3nc(C)c(C(=O)O)n23)c1. The maximum atomic E-state index is 11.4. The van der Waals surface area contributed by atoms with Crippen LogP contribution in [0.4, 0.5) is 0 Å². The van der Waals surface area contributed by atoms with E-state index >= 15 is 0 Å². The molecule has 2 aromatic heterocycles. The lowest BCUT2D eigenvalue weighted by molar-refractivity contribution is 0.0688. The van der Waals surface area contributed by atoms with Crippen LogP contribution in [0.25, 0.3) is 16.2 Å². The van der Waals surface area contributed by atoms with Gasteiger partial charge in [0.2, 0.25) is 0 Å². The van der Waals surface area contributed by atoms with E-state index in [0.717, 1.165) is 17.0 Å². The summed E-state index contributed by atoms with van der Waals surface area (Å²) in [4.78, 5) is 16.4. The van der Waals surface area contributed by atoms with Crippen LogP contribution in [-0.4, -0.2) is 27.6 Å². The summed E-state index contributed by atoms with van der Waals surface area (Å²) in [5.41, 5.74) is 2.44. The highest BCUT2D eigenvalue weighted by Crippen LogP contribution is 2.30. The maximum absolute atomic E-state index is 11.4. The Balaban J connectivity index is 2.28. The fraction of sp³-hybridized carbons (Fsp3) is 0.143. The number of rotatable bonds is 3. The lowest BCUT2D eigenvalue weighted by Gasteiger charge is -2.05. The number of aromatic nitrogens is 2. The molecular weight excluding hydrogens is 276 g/mol. The highest BCUT2D eigenvalue weighted by atomic mass is 32.1. The van der Waals surface area contributed by atoms with Gasteiger partial charge in [0.25, 0.3) is 0 Å². The molecule has 0 aliphatic carbocycles. The monoisotopic (exact) mass is 288 g/mol. The van der Waals surface area contributed by atoms with Crippen molar-refractivity contribution >= 4 is 22.3 Å². The van der Waals surface area contributed by atoms with Crippen LogP contribution < -0.4 is 4.74 Å². The molecule has 20 heavy (non-hydrogen) atoms. The molecule has 3 aromatic rings. The standard InChI is InChI=1S/C14H12N2O3S/c1-8-12(13(17)18)16-11(7-20-14(16)15-8)9-4-3-5-10(6-9)19-2/h3-7H,1-2H3,(H,17,18). The smallest absolute Gasteiger partial charge is 0.354 e. The Morgan fingerprint density at radius 1 is 1.45 bits per heavy atom. The fourth-order valence-electron chi connectivity index (χ4n) is 2.20. The summed E-state index contributed by atoms with van der Waals surface area (Å²) in [6, 6.07) is 7.53. The molecular formula is C14H12N2O3S. The fourth-order valence-corrected chi connectivity index (χ4v) is 3.14. The second-order valence-corrected chi connectivity index (χ2v) is 5.16. The quantitative estimate of drug-likeness (QED) is 0.804. The number of aryl methyl sites for hydroxylation is 1. The molecule has 0 aliphatic heterocycles. The molecule has 0 amide bonds. The van der Waals surface area contributed by atoms with Crippen molar-refractivity contribution in [2.45, 2.75) is 6.92 Å². The van der Waals surface area contributed by atoms with E-state index in [9.17, 15) is 9.90 Å². The number of thiazole rings is 1. The Kier molecular flexibility index (Phi) is 2.94. The van der Waals surface area contributed by atoms with Crippen LogP contribution in [0.2, 0.25) is 0 Å². The molecule has 102 valence electrons. The molecule has 1 N–H and O–H groups in total. The Morgan fingerprint density at radius 2 is 2.25 bits per heavy atom. The number of hydrogen-bond donors (Lipinski definition) is 1. The predicted octanol–water partition coefficient (Wildman–Crippen LogP) is 3.08. The van der Waals surface area contributed by atoms with Crippen LogP contribution in [0.1, 0.15) is 16.2 Å². The van der Waals surface area contributed by atoms with Gasteiger partial charge >= 0.3 is 5.97 Å². The third kappa shape index (κ3) is 1.85. The van der Waals surface area contributed by atoms with Crippen molar-refractivity contribution in [1.29, 1.82) is 0 Å². The number of carbonyl (C=O) groups is 1. The van der Waals surface area contributed by atoms with Crippen LogP contribution in [0, 0.1) is 6.92 Å². The largest absolute Gasteiger partial charge is 0.497 e. The number of ether oxygens (including phenoxy) is 1. The summed E-state index contributed by atoms with van der Waals surface area (Å²) >= 11 is 1.42. The summed E-state index contributed by atoms with van der Waals surface area (Å²) in [6.07, 6.45) is 0. The first kappa shape index (κ1) is 12.7. The zero-order valence-electron chi connectivity index (χ0n) is 11.0. The topological polar surface area (TPSA) is 63.8 Å². The third-order valence-electron chi connectivity index (χ3n) is 3.11. The molecule has 0 radical (unpaired) electrons. The van der Waals surface area contributed by atoms with Gasteiger partial charge in [0, 0.05) is 10.9 Å². The molecule has 0 bridgehead atoms. The van der Waals surface area contributed by atoms with Gasteiger partial charge in [-0.3, -0.25) is 4.40 Å². The molecule has 0 fully saturated rings. The Labute approximate surface area is 119 Å². The van der Waals surface area contributed by atoms with Crippen LogP contribution >= 0.6 is 11.3 Å². The van der Waals surface area contributed by atoms with Gasteiger partial charge in [-0.1, -0.05) is 12.1 Å². The summed E-state index contributed by atoms with van der Waals surface area (Å²) in [5.74, 6) is -0.242. The Morgan fingerprint density at radius 3 is 2.95 bits per heavy atom. The van der Waals surface area contributed by atoms with E-state index in [-0.39, 0.29) is 5.69 Å². The number of nitrogens with zero attached hydrogens (tertiary/aromatic N) is 2. The van der Waals surface area contributed by atoms with Gasteiger partial charge in [-0.25, -0.2) is 9.78 Å². The van der Waals surface area contributed by atoms with Crippen molar-refractivity contribution in [2.75, 3.05) is 7.11 Å². The number of fused-ring (bicyclic) bond motifs is 1. The van der Waals surface area contributed by atoms with E-state index in [0.29, 0.717) is 10.7 Å². The van der Waals surface area contributed by atoms with Crippen LogP contribution in [-0.2, 0) is 0 Å². The van der Waals surface area contributed by atoms with Crippen molar-refractivity contribution in [3.63, 3.8) is 0 Å². The third-order valence-corrected chi connectivity index (χ3v) is 3.93. The summed E-state index contributed by atoms with van der Waals surface area (Å²) in [7, 11) is 1.60. The minimum Gasteiger partial charge on any atom is -0.497 e. The Bertz CT molecular complexity index is 804. The van der Waals surface area contributed by atoms with Gasteiger partial charge in [0.1, 0.15) is 5.75 Å². The number of carboxylic acids is 1. The highest BCUT2D eigenvalue weighted by Gasteiger charge is 2.20. The van der Waals surface area contributed by atoms with Crippen molar-refractivity contribution < 1.29 is 14.6 Å². The molecule has 2 heterocycles. The molecule has 3 rings (SSSR count). The molecule has 0 atom stereocenters. The van der Waals surface area contributed by atoms with E-state index < -0.39 is 5.97 Å². The van der Waals surface area contributed by atoms with Crippen molar-refractivity contribution in [3.05, 3.63) is 41.0 Å². The molecule has 6 heteroatoms. The molecule has 1 aromatic carbocycles. The van der Waals surface area contributed by atoms with E-state index in [2.05, 4.69) is 4.98 Å². The Hall–Kier alpha value is -2.34. The molecule has 0 spiro atoms. The lowest BCUT2D eigenvalue weighted by atomic mass is 10.1. The molecule has 0 unspecified atom stereocenters. The van der Waals surface area contributed by atoms with E-state index in [1.165, 1.54) is 11.3 Å². The lowest BCUT2D eigenvalue weighted by Crippen LogP contribution is -2.04. The highest BCUT2D eigenvalue weighted by molar-refractivity contribution is 7.15. The zero-order chi connectivity index (χ0) is 14.3. The summed E-state index contributed by atoms with van der Waals surface area (Å²) < 4.78 is 6.89. The summed E-state index contributed by atoms with van der Waals surface area (Å²) in [6.45, 7) is 1.71. The number of methoxy groups -OCH3 is 1. The van der Waals surface area contributed by atoms with E-state index in [1.807, 2.05) is 29.6 Å². The second kappa shape index (κ2) is 4.64. The van der Waals surface area contributed by atoms with Gasteiger partial charge in [-0.15, -0.1) is 11.3 Å². The summed E-state index contributed by atoms with van der Waals surface area (Å²) in [5, 5.41) is 11.3. The second-order valence-electron chi connectivity index (χ2n) is 4.32. The van der Waals surface area contributed by atoms with Gasteiger partial charge in [-0.2, -0.15) is 0 Å². The molecule has 5 nitrogen and oxygen atoms in total. The van der Waals surface area contributed by atoms with Crippen LogP contribution in [0.3, 0.4) is 0 Å². The molecule has 0 aliphatic rings. The van der Waals surface area contributed by atoms with Crippen LogP contribution in [0.15, 0.2) is 29.6 Å². The number of hydrogen-bond acceptors (Lipinski definition) is 4. The van der Waals surface area contributed by atoms with Crippen LogP contribution in [0.5, 0.6) is 5.75 Å². The van der Waals surface area contributed by atoms with Crippen molar-refractivity contribution in [3.8, 4) is 17.0 Å². The molecule has 0 saturated heterocycles. The van der Waals surface area contributed by atoms with Crippen molar-refractivity contribution in [2.24, 2.45) is 0 Å². The predicted molar refractivity (Wildman–Crippen MR) is 76.8 cm³/mol. The average molecular weight is 288 g/mol. The van der Waals surface area contributed by atoms with Gasteiger partial charge in [0.05, 0.1) is 18.5 Å². The average Bonchev–Trinajstić information content (AvgIpc) is 2.96. The molecule has 0 saturated carbocycles. The maximum Gasteiger partial charge on any atom is 0.354 e. The van der Waals surface area contributed by atoms with Gasteiger partial charge in [0.15, 0.2) is 10.7 Å². The number of carboxylic acid groups (broad SMARTS) is 1. The first-order chi connectivity index (χ1) is 9.61. The minimum absolute atomic E-state index is 0.207. The van der Waals surface area contributed by atoms with Gasteiger partial charge < -0.3 is 9.84 Å². The number of benzene rings is 1. The van der Waals surface area contributed by atoms with E-state index in [1.54, 1.807) is 18.4 Å². The number of aromatic carboxylic acids is 1. The first-order valence-electron chi connectivity index (χ1n) is 5.96. The normalized spacial score (nSPS) is 10.9.